The number of nitrogens with zero attached hydrogens (tertiary/aromatic N) is 1. The average molecular weight is 611 g/mol. The largest absolute Gasteiger partial charge is 0.309 e. The van der Waals surface area contributed by atoms with Crippen molar-refractivity contribution >= 4 is 63.3 Å². The van der Waals surface area contributed by atoms with Crippen molar-refractivity contribution < 1.29 is 0 Å². The van der Waals surface area contributed by atoms with Gasteiger partial charge in [0.15, 0.2) is 0 Å². The highest BCUT2D eigenvalue weighted by Crippen LogP contribution is 2.53. The van der Waals surface area contributed by atoms with E-state index in [1.165, 1.54) is 72.1 Å². The third-order valence-corrected chi connectivity index (χ3v) is 10.7. The standard InChI is InChI=1S/C45H35B2N/c1-45(2)35-22-8-16-30-43(35)48(44-31-17-9-23-36(44)45)42-29-15-7-21-34(42)33-20-6-10-24-37(33)47-40-27-13-11-25-38(40)46(32-18-4-3-5-19-32)39-26-12-14-28-41(39)47/h3-31H,1-2H3. The zero-order valence-electron chi connectivity index (χ0n) is 27.3. The summed E-state index contributed by atoms with van der Waals surface area (Å²) in [7, 11) is 0. The Hall–Kier alpha value is -5.53. The lowest BCUT2D eigenvalue weighted by Gasteiger charge is -2.42. The molecule has 0 atom stereocenters. The van der Waals surface area contributed by atoms with E-state index in [0.29, 0.717) is 0 Å². The van der Waals surface area contributed by atoms with Crippen molar-refractivity contribution in [2.24, 2.45) is 0 Å². The lowest BCUT2D eigenvalue weighted by molar-refractivity contribution is 0.632. The van der Waals surface area contributed by atoms with Crippen LogP contribution in [0.5, 0.6) is 0 Å². The minimum absolute atomic E-state index is 0.0986. The van der Waals surface area contributed by atoms with Gasteiger partial charge in [0.1, 0.15) is 0 Å². The number of rotatable bonds is 4. The van der Waals surface area contributed by atoms with Gasteiger partial charge in [0.05, 0.1) is 17.1 Å². The Balaban J connectivity index is 1.27. The molecule has 0 N–H and O–H groups in total. The molecule has 7 aromatic rings. The highest BCUT2D eigenvalue weighted by atomic mass is 15.2. The van der Waals surface area contributed by atoms with Gasteiger partial charge in [0.25, 0.3) is 0 Å². The number of para-hydroxylation sites is 3. The van der Waals surface area contributed by atoms with E-state index in [9.17, 15) is 0 Å². The van der Waals surface area contributed by atoms with Gasteiger partial charge >= 0.3 is 0 Å². The Morgan fingerprint density at radius 1 is 0.354 bits per heavy atom. The molecule has 0 fully saturated rings. The monoisotopic (exact) mass is 611 g/mol. The van der Waals surface area contributed by atoms with E-state index in [2.05, 4.69) is 195 Å². The van der Waals surface area contributed by atoms with Crippen molar-refractivity contribution in [3.8, 4) is 11.1 Å². The first-order valence-electron chi connectivity index (χ1n) is 17.0. The lowest BCUT2D eigenvalue weighted by atomic mass is 9.21. The normalized spacial score (nSPS) is 14.1. The Bertz CT molecular complexity index is 2210. The summed E-state index contributed by atoms with van der Waals surface area (Å²) in [6.45, 7) is 4.99. The molecule has 48 heavy (non-hydrogen) atoms. The second kappa shape index (κ2) is 11.3. The Kier molecular flexibility index (Phi) is 6.76. The van der Waals surface area contributed by atoms with Gasteiger partial charge in [-0.05, 0) is 34.9 Å². The molecule has 1 nitrogen and oxygen atoms in total. The maximum Gasteiger partial charge on any atom is 0.240 e. The third-order valence-electron chi connectivity index (χ3n) is 10.7. The summed E-state index contributed by atoms with van der Waals surface area (Å²) in [4.78, 5) is 2.50. The van der Waals surface area contributed by atoms with Gasteiger partial charge in [-0.25, -0.2) is 0 Å². The number of benzene rings is 7. The van der Waals surface area contributed by atoms with Crippen LogP contribution in [0.2, 0.25) is 0 Å². The molecule has 2 aliphatic heterocycles. The van der Waals surface area contributed by atoms with Crippen LogP contribution in [0, 0.1) is 0 Å². The summed E-state index contributed by atoms with van der Waals surface area (Å²) >= 11 is 0. The first-order valence-corrected chi connectivity index (χ1v) is 17.0. The van der Waals surface area contributed by atoms with Gasteiger partial charge in [0, 0.05) is 11.0 Å². The molecule has 0 unspecified atom stereocenters. The zero-order valence-corrected chi connectivity index (χ0v) is 27.3. The summed E-state index contributed by atoms with van der Waals surface area (Å²) < 4.78 is 0. The maximum atomic E-state index is 2.50. The van der Waals surface area contributed by atoms with Crippen LogP contribution in [0.25, 0.3) is 11.1 Å². The van der Waals surface area contributed by atoms with Gasteiger partial charge in [-0.15, -0.1) is 0 Å². The number of hydrogen-bond donors (Lipinski definition) is 0. The van der Waals surface area contributed by atoms with Crippen LogP contribution in [0.4, 0.5) is 17.1 Å². The first kappa shape index (κ1) is 28.7. The van der Waals surface area contributed by atoms with Crippen molar-refractivity contribution in [3.63, 3.8) is 0 Å². The third kappa shape index (κ3) is 4.34. The molecule has 226 valence electrons. The number of anilines is 3. The van der Waals surface area contributed by atoms with E-state index in [1.807, 2.05) is 0 Å². The molecule has 0 aromatic heterocycles. The molecular formula is C45H35B2N. The SMILES string of the molecule is CC1(C)c2ccccc2N(c2ccccc2-c2ccccc2B2c3ccccc3B(c3ccccc3)c3ccccc32)c2ccccc21. The van der Waals surface area contributed by atoms with Crippen molar-refractivity contribution in [1.82, 2.24) is 0 Å². The molecule has 0 radical (unpaired) electrons. The highest BCUT2D eigenvalue weighted by molar-refractivity contribution is 7.11. The van der Waals surface area contributed by atoms with Crippen LogP contribution in [0.1, 0.15) is 25.0 Å². The second-order valence-corrected chi connectivity index (χ2v) is 13.6. The summed E-state index contributed by atoms with van der Waals surface area (Å²) in [5.41, 5.74) is 16.9. The van der Waals surface area contributed by atoms with Crippen molar-refractivity contribution in [3.05, 3.63) is 187 Å². The van der Waals surface area contributed by atoms with Crippen molar-refractivity contribution in [2.45, 2.75) is 19.3 Å². The quantitative estimate of drug-likeness (QED) is 0.198. The summed E-state index contributed by atoms with van der Waals surface area (Å²) in [6, 6.07) is 65.2. The van der Waals surface area contributed by atoms with Crippen LogP contribution in [-0.4, -0.2) is 13.4 Å². The second-order valence-electron chi connectivity index (χ2n) is 13.6. The topological polar surface area (TPSA) is 3.24 Å². The van der Waals surface area contributed by atoms with Crippen LogP contribution >= 0.6 is 0 Å². The van der Waals surface area contributed by atoms with E-state index in [-0.39, 0.29) is 18.8 Å². The Morgan fingerprint density at radius 3 is 1.31 bits per heavy atom. The molecule has 0 bridgehead atoms. The van der Waals surface area contributed by atoms with E-state index >= 15 is 0 Å². The summed E-state index contributed by atoms with van der Waals surface area (Å²) in [5.74, 6) is 0. The molecule has 3 heteroatoms. The van der Waals surface area contributed by atoms with Crippen LogP contribution < -0.4 is 37.7 Å². The lowest BCUT2D eigenvalue weighted by Crippen LogP contribution is -2.75. The fraction of sp³-hybridized carbons (Fsp3) is 0.0667. The van der Waals surface area contributed by atoms with Gasteiger partial charge in [0.2, 0.25) is 13.4 Å². The molecule has 2 aliphatic rings. The smallest absolute Gasteiger partial charge is 0.240 e. The molecule has 0 saturated heterocycles. The minimum atomic E-state index is -0.110. The molecule has 0 aliphatic carbocycles. The average Bonchev–Trinajstić information content (AvgIpc) is 3.14. The van der Waals surface area contributed by atoms with Crippen LogP contribution in [-0.2, 0) is 5.41 Å². The van der Waals surface area contributed by atoms with Gasteiger partial charge in [-0.1, -0.05) is 204 Å². The predicted octanol–water partition coefficient (Wildman–Crippen LogP) is 6.81. The van der Waals surface area contributed by atoms with Gasteiger partial charge in [-0.3, -0.25) is 0 Å². The van der Waals surface area contributed by atoms with E-state index < -0.39 is 0 Å². The Labute approximate surface area is 284 Å². The van der Waals surface area contributed by atoms with Crippen molar-refractivity contribution in [1.29, 1.82) is 0 Å². The van der Waals surface area contributed by atoms with Crippen LogP contribution in [0.3, 0.4) is 0 Å². The zero-order chi connectivity index (χ0) is 32.2. The molecule has 2 heterocycles. The summed E-state index contributed by atoms with van der Waals surface area (Å²) in [5, 5.41) is 0. The fourth-order valence-electron chi connectivity index (χ4n) is 8.57. The molecular weight excluding hydrogens is 576 g/mol. The maximum absolute atomic E-state index is 2.50. The van der Waals surface area contributed by atoms with E-state index in [0.717, 1.165) is 0 Å². The molecule has 0 saturated carbocycles. The fourth-order valence-corrected chi connectivity index (χ4v) is 8.57. The number of hydrogen-bond acceptors (Lipinski definition) is 1. The van der Waals surface area contributed by atoms with Gasteiger partial charge < -0.3 is 4.90 Å². The molecule has 0 spiro atoms. The highest BCUT2D eigenvalue weighted by Gasteiger charge is 2.40. The number of fused-ring (bicyclic) bond motifs is 4. The summed E-state index contributed by atoms with van der Waals surface area (Å²) in [6.07, 6.45) is 0. The Morgan fingerprint density at radius 2 is 0.750 bits per heavy atom. The van der Waals surface area contributed by atoms with Crippen molar-refractivity contribution in [2.75, 3.05) is 4.90 Å². The molecule has 0 amide bonds. The first-order chi connectivity index (χ1) is 23.6. The van der Waals surface area contributed by atoms with E-state index in [1.54, 1.807) is 0 Å². The molecule has 9 rings (SSSR count). The molecule has 7 aromatic carbocycles. The van der Waals surface area contributed by atoms with E-state index in [4.69, 9.17) is 0 Å². The van der Waals surface area contributed by atoms with Crippen LogP contribution in [0.15, 0.2) is 176 Å². The predicted molar refractivity (Wildman–Crippen MR) is 207 cm³/mol. The van der Waals surface area contributed by atoms with Gasteiger partial charge in [-0.2, -0.15) is 0 Å². The minimum Gasteiger partial charge on any atom is -0.309 e.